The maximum Gasteiger partial charge on any atom is 0.410 e. The number of Topliss-reactive ketones (excluding diaryl/α,β-unsaturated/α-hetero) is 1. The molecule has 4 heterocycles. The van der Waals surface area contributed by atoms with Crippen LogP contribution in [0.1, 0.15) is 94.0 Å². The van der Waals surface area contributed by atoms with Gasteiger partial charge >= 0.3 is 6.09 Å². The van der Waals surface area contributed by atoms with Crippen LogP contribution in [-0.2, 0) is 21.5 Å². The number of likely N-dealkylation sites (tertiary alicyclic amines) is 2. The molecule has 2 saturated heterocycles. The Kier molecular flexibility index (Phi) is 9.73. The first-order valence-electron chi connectivity index (χ1n) is 16.1. The molecule has 0 saturated carbocycles. The molecule has 0 radical (unpaired) electrons. The number of amides is 2. The molecule has 5 rings (SSSR count). The van der Waals surface area contributed by atoms with E-state index in [0.29, 0.717) is 53.5 Å². The lowest BCUT2D eigenvalue weighted by Gasteiger charge is -2.38. The Labute approximate surface area is 290 Å². The lowest BCUT2D eigenvalue weighted by atomic mass is 9.86. The van der Waals surface area contributed by atoms with E-state index < -0.39 is 11.5 Å². The fourth-order valence-corrected chi connectivity index (χ4v) is 6.93. The number of anilines is 1. The minimum Gasteiger partial charge on any atom is -0.444 e. The minimum absolute atomic E-state index is 0.0702. The lowest BCUT2D eigenvalue weighted by Crippen LogP contribution is -2.53. The molecule has 2 aliphatic rings. The van der Waals surface area contributed by atoms with Gasteiger partial charge in [0.1, 0.15) is 17.1 Å². The number of rotatable bonds is 7. The van der Waals surface area contributed by atoms with Crippen molar-refractivity contribution in [2.75, 3.05) is 31.5 Å². The van der Waals surface area contributed by atoms with E-state index in [1.807, 2.05) is 31.4 Å². The van der Waals surface area contributed by atoms with Crippen LogP contribution in [0, 0.1) is 5.92 Å². The van der Waals surface area contributed by atoms with Crippen molar-refractivity contribution in [3.05, 3.63) is 52.0 Å². The number of carbonyl (C=O) groups excluding carboxylic acids is 4. The Morgan fingerprint density at radius 3 is 2.25 bits per heavy atom. The molecule has 2 aromatic heterocycles. The van der Waals surface area contributed by atoms with E-state index in [4.69, 9.17) is 27.9 Å². The van der Waals surface area contributed by atoms with Crippen LogP contribution in [0.2, 0.25) is 10.2 Å². The molecule has 258 valence electrons. The van der Waals surface area contributed by atoms with Gasteiger partial charge in [-0.15, -0.1) is 5.10 Å². The van der Waals surface area contributed by atoms with Crippen molar-refractivity contribution >= 4 is 63.6 Å². The third-order valence-corrected chi connectivity index (χ3v) is 9.26. The van der Waals surface area contributed by atoms with Crippen molar-refractivity contribution in [3.8, 4) is 0 Å². The van der Waals surface area contributed by atoms with Gasteiger partial charge in [0.2, 0.25) is 11.8 Å². The fourth-order valence-electron chi connectivity index (χ4n) is 6.21. The number of piperidine rings is 1. The van der Waals surface area contributed by atoms with Gasteiger partial charge in [-0.05, 0) is 62.8 Å². The Hall–Kier alpha value is -3.90. The van der Waals surface area contributed by atoms with Crippen molar-refractivity contribution < 1.29 is 23.9 Å². The molecule has 0 bridgehead atoms. The third kappa shape index (κ3) is 7.10. The van der Waals surface area contributed by atoms with Gasteiger partial charge in [0.25, 0.3) is 0 Å². The molecule has 1 N–H and O–H groups in total. The molecule has 0 aliphatic carbocycles. The summed E-state index contributed by atoms with van der Waals surface area (Å²) in [5, 5.41) is 9.24. The van der Waals surface area contributed by atoms with E-state index >= 15 is 0 Å². The maximum absolute atomic E-state index is 13.9. The van der Waals surface area contributed by atoms with E-state index in [9.17, 15) is 19.2 Å². The number of aromatic nitrogens is 4. The predicted molar refractivity (Wildman–Crippen MR) is 185 cm³/mol. The smallest absolute Gasteiger partial charge is 0.410 e. The van der Waals surface area contributed by atoms with Gasteiger partial charge in [0.15, 0.2) is 16.8 Å². The number of benzene rings is 1. The Balaban J connectivity index is 1.48. The standard InChI is InChI=1S/C34H43Cl2N7O5/c1-9-27(45)41-17-20(18-41)29(46)28-30(36)38-26(42(28)21-10-12-40(13-11-21)32(47)48-34(6,7)8)16-37-31-22-14-23(33(3,4)5)24(35)15-25(22)43(39-31)19(2)44/h9,14-15,20-21H,1,10-13,16-18H2,2-8H3,(H,37,39). The van der Waals surface area contributed by atoms with Gasteiger partial charge < -0.3 is 24.4 Å². The number of hydrogen-bond donors (Lipinski definition) is 1. The average molecular weight is 701 g/mol. The summed E-state index contributed by atoms with van der Waals surface area (Å²) in [4.78, 5) is 59.2. The van der Waals surface area contributed by atoms with E-state index in [1.54, 1.807) is 15.9 Å². The Morgan fingerprint density at radius 2 is 1.69 bits per heavy atom. The van der Waals surface area contributed by atoms with Crippen molar-refractivity contribution in [1.82, 2.24) is 29.1 Å². The lowest BCUT2D eigenvalue weighted by molar-refractivity contribution is -0.130. The quantitative estimate of drug-likeness (QED) is 0.218. The summed E-state index contributed by atoms with van der Waals surface area (Å²) in [7, 11) is 0. The molecule has 0 spiro atoms. The van der Waals surface area contributed by atoms with Crippen molar-refractivity contribution in [1.29, 1.82) is 0 Å². The monoisotopic (exact) mass is 699 g/mol. The number of halogens is 2. The van der Waals surface area contributed by atoms with E-state index in [2.05, 4.69) is 42.7 Å². The molecular weight excluding hydrogens is 657 g/mol. The molecule has 3 aromatic rings. The van der Waals surface area contributed by atoms with Gasteiger partial charge in [-0.3, -0.25) is 14.4 Å². The summed E-state index contributed by atoms with van der Waals surface area (Å²) >= 11 is 13.4. The summed E-state index contributed by atoms with van der Waals surface area (Å²) < 4.78 is 8.77. The van der Waals surface area contributed by atoms with Gasteiger partial charge in [0, 0.05) is 49.6 Å². The summed E-state index contributed by atoms with van der Waals surface area (Å²) in [6.07, 6.45) is 1.93. The number of nitrogens with zero attached hydrogens (tertiary/aromatic N) is 6. The first kappa shape index (κ1) is 35.4. The molecule has 2 aliphatic heterocycles. The Bertz CT molecular complexity index is 1790. The fraction of sp³-hybridized carbons (Fsp3) is 0.529. The van der Waals surface area contributed by atoms with Crippen molar-refractivity contribution in [3.63, 3.8) is 0 Å². The van der Waals surface area contributed by atoms with Gasteiger partial charge in [-0.2, -0.15) is 4.68 Å². The molecule has 0 atom stereocenters. The van der Waals surface area contributed by atoms with Gasteiger partial charge in [-0.25, -0.2) is 9.78 Å². The van der Waals surface area contributed by atoms with Crippen LogP contribution in [0.15, 0.2) is 24.8 Å². The van der Waals surface area contributed by atoms with Crippen LogP contribution >= 0.6 is 23.2 Å². The van der Waals surface area contributed by atoms with Crippen LogP contribution in [0.5, 0.6) is 0 Å². The summed E-state index contributed by atoms with van der Waals surface area (Å²) in [6, 6.07) is 3.51. The second kappa shape index (κ2) is 13.2. The Morgan fingerprint density at radius 1 is 1.04 bits per heavy atom. The molecule has 1 aromatic carbocycles. The summed E-state index contributed by atoms with van der Waals surface area (Å²) in [6.45, 7) is 18.1. The molecular formula is C34H43Cl2N7O5. The average Bonchev–Trinajstić information content (AvgIpc) is 3.49. The van der Waals surface area contributed by atoms with Crippen molar-refractivity contribution in [2.45, 2.75) is 84.9 Å². The summed E-state index contributed by atoms with van der Waals surface area (Å²) in [5.41, 5.74) is 0.870. The second-order valence-electron chi connectivity index (χ2n) is 14.5. The van der Waals surface area contributed by atoms with Crippen LogP contribution in [0.4, 0.5) is 10.6 Å². The number of fused-ring (bicyclic) bond motifs is 1. The first-order chi connectivity index (χ1) is 22.4. The SMILES string of the molecule is C=CC(=O)N1CC(C(=O)c2c(Cl)nc(CNc3nn(C(C)=O)c4cc(Cl)c(C(C)(C)C)cc34)n2C2CCN(C(=O)OC(C)(C)C)CC2)C1. The van der Waals surface area contributed by atoms with Crippen molar-refractivity contribution in [2.24, 2.45) is 5.92 Å². The number of hydrogen-bond acceptors (Lipinski definition) is 8. The van der Waals surface area contributed by atoms with Crippen LogP contribution in [-0.4, -0.2) is 84.6 Å². The van der Waals surface area contributed by atoms with E-state index in [1.165, 1.54) is 17.7 Å². The van der Waals surface area contributed by atoms with Gasteiger partial charge in [-0.1, -0.05) is 50.6 Å². The van der Waals surface area contributed by atoms with E-state index in [-0.39, 0.29) is 65.6 Å². The zero-order chi connectivity index (χ0) is 35.3. The predicted octanol–water partition coefficient (Wildman–Crippen LogP) is 6.51. The van der Waals surface area contributed by atoms with Crippen LogP contribution in [0.3, 0.4) is 0 Å². The molecule has 14 heteroatoms. The number of imidazole rings is 1. The number of ether oxygens (including phenoxy) is 1. The largest absolute Gasteiger partial charge is 0.444 e. The molecule has 2 amide bonds. The zero-order valence-electron chi connectivity index (χ0n) is 28.5. The van der Waals surface area contributed by atoms with Crippen LogP contribution < -0.4 is 5.32 Å². The molecule has 12 nitrogen and oxygen atoms in total. The normalized spacial score (nSPS) is 16.2. The number of carbonyl (C=O) groups is 4. The molecule has 48 heavy (non-hydrogen) atoms. The highest BCUT2D eigenvalue weighted by atomic mass is 35.5. The maximum atomic E-state index is 13.9. The first-order valence-corrected chi connectivity index (χ1v) is 16.8. The zero-order valence-corrected chi connectivity index (χ0v) is 30.0. The van der Waals surface area contributed by atoms with Crippen LogP contribution in [0.25, 0.3) is 10.9 Å². The number of ketones is 1. The summed E-state index contributed by atoms with van der Waals surface area (Å²) in [5.74, 6) is -0.166. The second-order valence-corrected chi connectivity index (χ2v) is 15.2. The van der Waals surface area contributed by atoms with Gasteiger partial charge in [0.05, 0.1) is 18.0 Å². The van der Waals surface area contributed by atoms with E-state index in [0.717, 1.165) is 5.56 Å². The topological polar surface area (TPSA) is 132 Å². The molecule has 2 fully saturated rings. The third-order valence-electron chi connectivity index (χ3n) is 8.68. The molecule has 0 unspecified atom stereocenters. The highest BCUT2D eigenvalue weighted by Gasteiger charge is 2.40. The highest BCUT2D eigenvalue weighted by molar-refractivity contribution is 6.33. The highest BCUT2D eigenvalue weighted by Crippen LogP contribution is 2.37. The number of nitrogens with one attached hydrogen (secondary N) is 1. The minimum atomic E-state index is -0.619.